The van der Waals surface area contributed by atoms with E-state index in [4.69, 9.17) is 0 Å². The van der Waals surface area contributed by atoms with E-state index in [1.54, 1.807) is 0 Å². The number of likely N-dealkylation sites (tertiary alicyclic amines) is 1. The smallest absolute Gasteiger partial charge is 0.238 e. The topological polar surface area (TPSA) is 61.4 Å². The number of anilines is 1. The number of para-hydroxylation sites is 1. The summed E-state index contributed by atoms with van der Waals surface area (Å²) in [6, 6.07) is 17.9. The summed E-state index contributed by atoms with van der Waals surface area (Å²) in [5, 5.41) is 6.16. The molecule has 1 atom stereocenters. The third-order valence-electron chi connectivity index (χ3n) is 5.86. The molecular formula is C26H35N3O2. The summed E-state index contributed by atoms with van der Waals surface area (Å²) >= 11 is 0. The van der Waals surface area contributed by atoms with Crippen molar-refractivity contribution in [3.8, 4) is 11.1 Å². The number of benzene rings is 2. The van der Waals surface area contributed by atoms with E-state index in [2.05, 4.69) is 22.5 Å². The molecule has 0 radical (unpaired) electrons. The van der Waals surface area contributed by atoms with Gasteiger partial charge in [0.2, 0.25) is 11.8 Å². The Morgan fingerprint density at radius 3 is 2.58 bits per heavy atom. The molecule has 1 saturated heterocycles. The molecule has 2 aromatic carbocycles. The summed E-state index contributed by atoms with van der Waals surface area (Å²) in [4.78, 5) is 27.4. The molecule has 1 aliphatic heterocycles. The van der Waals surface area contributed by atoms with Crippen molar-refractivity contribution in [3.05, 3.63) is 54.6 Å². The van der Waals surface area contributed by atoms with Crippen LogP contribution in [0.2, 0.25) is 0 Å². The fraction of sp³-hybridized carbons (Fsp3) is 0.462. The van der Waals surface area contributed by atoms with E-state index in [-0.39, 0.29) is 17.7 Å². The van der Waals surface area contributed by atoms with Crippen molar-refractivity contribution in [1.82, 2.24) is 10.2 Å². The molecule has 1 fully saturated rings. The average molecular weight is 422 g/mol. The van der Waals surface area contributed by atoms with Crippen LogP contribution in [0.3, 0.4) is 0 Å². The molecule has 0 saturated carbocycles. The Hall–Kier alpha value is -2.66. The number of hydrogen-bond acceptors (Lipinski definition) is 3. The molecule has 0 spiro atoms. The van der Waals surface area contributed by atoms with Crippen LogP contribution in [-0.4, -0.2) is 42.9 Å². The molecule has 0 aliphatic carbocycles. The molecule has 166 valence electrons. The van der Waals surface area contributed by atoms with Crippen molar-refractivity contribution >= 4 is 17.5 Å². The van der Waals surface area contributed by atoms with Crippen LogP contribution in [0.4, 0.5) is 5.69 Å². The normalized spacial score (nSPS) is 16.6. The van der Waals surface area contributed by atoms with Gasteiger partial charge in [0, 0.05) is 24.3 Å². The van der Waals surface area contributed by atoms with E-state index >= 15 is 0 Å². The van der Waals surface area contributed by atoms with Crippen LogP contribution in [-0.2, 0) is 9.59 Å². The number of piperidine rings is 1. The predicted molar refractivity (Wildman–Crippen MR) is 127 cm³/mol. The van der Waals surface area contributed by atoms with E-state index in [9.17, 15) is 9.59 Å². The molecule has 31 heavy (non-hydrogen) atoms. The maximum absolute atomic E-state index is 12.8. The van der Waals surface area contributed by atoms with Gasteiger partial charge in [0.25, 0.3) is 0 Å². The van der Waals surface area contributed by atoms with Gasteiger partial charge in [-0.05, 0) is 37.4 Å². The highest BCUT2D eigenvalue weighted by Crippen LogP contribution is 2.27. The summed E-state index contributed by atoms with van der Waals surface area (Å²) < 4.78 is 0. The standard InChI is InChI=1S/C26H35N3O2/c1-2-3-4-10-17-27-26(31)22-14-11-18-29(19-22)20-25(30)28-24-16-9-8-15-23(24)21-12-6-5-7-13-21/h5-9,12-13,15-16,22H,2-4,10-11,14,17-20H2,1H3,(H,27,31)(H,28,30). The summed E-state index contributed by atoms with van der Waals surface area (Å²) in [6.45, 7) is 4.75. The lowest BCUT2D eigenvalue weighted by molar-refractivity contribution is -0.127. The first-order valence-electron chi connectivity index (χ1n) is 11.6. The van der Waals surface area contributed by atoms with Gasteiger partial charge in [-0.25, -0.2) is 0 Å². The highest BCUT2D eigenvalue weighted by molar-refractivity contribution is 5.96. The maximum atomic E-state index is 12.8. The molecule has 3 rings (SSSR count). The number of amides is 2. The monoisotopic (exact) mass is 421 g/mol. The molecule has 5 nitrogen and oxygen atoms in total. The van der Waals surface area contributed by atoms with E-state index in [1.165, 1.54) is 12.8 Å². The fourth-order valence-corrected chi connectivity index (χ4v) is 4.18. The minimum Gasteiger partial charge on any atom is -0.356 e. The molecule has 1 unspecified atom stereocenters. The molecule has 2 N–H and O–H groups in total. The Morgan fingerprint density at radius 2 is 1.77 bits per heavy atom. The molecule has 0 bridgehead atoms. The van der Waals surface area contributed by atoms with E-state index in [0.29, 0.717) is 13.1 Å². The lowest BCUT2D eigenvalue weighted by Crippen LogP contribution is -2.45. The largest absolute Gasteiger partial charge is 0.356 e. The average Bonchev–Trinajstić information content (AvgIpc) is 2.80. The number of nitrogens with zero attached hydrogens (tertiary/aromatic N) is 1. The molecule has 1 aliphatic rings. The second-order valence-corrected chi connectivity index (χ2v) is 8.39. The third kappa shape index (κ3) is 7.21. The van der Waals surface area contributed by atoms with Crippen molar-refractivity contribution < 1.29 is 9.59 Å². The summed E-state index contributed by atoms with van der Waals surface area (Å²) in [6.07, 6.45) is 6.47. The van der Waals surface area contributed by atoms with Crippen molar-refractivity contribution in [3.63, 3.8) is 0 Å². The van der Waals surface area contributed by atoms with Gasteiger partial charge < -0.3 is 10.6 Å². The summed E-state index contributed by atoms with van der Waals surface area (Å²) in [5.74, 6) is 0.0735. The molecule has 0 aromatic heterocycles. The lowest BCUT2D eigenvalue weighted by Gasteiger charge is -2.31. The van der Waals surface area contributed by atoms with Crippen LogP contribution in [0, 0.1) is 5.92 Å². The fourth-order valence-electron chi connectivity index (χ4n) is 4.18. The first-order chi connectivity index (χ1) is 15.2. The zero-order valence-electron chi connectivity index (χ0n) is 18.6. The van der Waals surface area contributed by atoms with Crippen LogP contribution in [0.25, 0.3) is 11.1 Å². The summed E-state index contributed by atoms with van der Waals surface area (Å²) in [7, 11) is 0. The number of hydrogen-bond donors (Lipinski definition) is 2. The highest BCUT2D eigenvalue weighted by Gasteiger charge is 2.26. The van der Waals surface area contributed by atoms with Crippen molar-refractivity contribution in [2.45, 2.75) is 45.4 Å². The first kappa shape index (κ1) is 23.0. The van der Waals surface area contributed by atoms with Gasteiger partial charge in [0.15, 0.2) is 0 Å². The number of carbonyl (C=O) groups is 2. The van der Waals surface area contributed by atoms with Gasteiger partial charge in [-0.1, -0.05) is 74.7 Å². The van der Waals surface area contributed by atoms with Crippen molar-refractivity contribution in [2.75, 3.05) is 31.5 Å². The van der Waals surface area contributed by atoms with Crippen LogP contribution in [0.5, 0.6) is 0 Å². The van der Waals surface area contributed by atoms with Gasteiger partial charge in [0.1, 0.15) is 0 Å². The van der Waals surface area contributed by atoms with E-state index in [1.807, 2.05) is 54.6 Å². The van der Waals surface area contributed by atoms with Crippen LogP contribution in [0.1, 0.15) is 45.4 Å². The maximum Gasteiger partial charge on any atom is 0.238 e. The Kier molecular flexibility index (Phi) is 9.10. The second-order valence-electron chi connectivity index (χ2n) is 8.39. The Bertz CT molecular complexity index is 838. The zero-order chi connectivity index (χ0) is 21.9. The summed E-state index contributed by atoms with van der Waals surface area (Å²) in [5.41, 5.74) is 2.90. The number of carbonyl (C=O) groups excluding carboxylic acids is 2. The molecular weight excluding hydrogens is 386 g/mol. The Morgan fingerprint density at radius 1 is 1.00 bits per heavy atom. The molecule has 1 heterocycles. The minimum absolute atomic E-state index is 0.0238. The second kappa shape index (κ2) is 12.3. The lowest BCUT2D eigenvalue weighted by atomic mass is 9.97. The van der Waals surface area contributed by atoms with Gasteiger partial charge in [-0.2, -0.15) is 0 Å². The number of nitrogens with one attached hydrogen (secondary N) is 2. The van der Waals surface area contributed by atoms with Crippen LogP contribution < -0.4 is 10.6 Å². The predicted octanol–water partition coefficient (Wildman–Crippen LogP) is 4.70. The minimum atomic E-state index is -0.0380. The van der Waals surface area contributed by atoms with Gasteiger partial charge in [0.05, 0.1) is 12.5 Å². The zero-order valence-corrected chi connectivity index (χ0v) is 18.6. The number of unbranched alkanes of at least 4 members (excludes halogenated alkanes) is 3. The van der Waals surface area contributed by atoms with E-state index < -0.39 is 0 Å². The van der Waals surface area contributed by atoms with Crippen molar-refractivity contribution in [2.24, 2.45) is 5.92 Å². The molecule has 2 aromatic rings. The van der Waals surface area contributed by atoms with Gasteiger partial charge in [-0.15, -0.1) is 0 Å². The molecule has 2 amide bonds. The quantitative estimate of drug-likeness (QED) is 0.547. The third-order valence-corrected chi connectivity index (χ3v) is 5.86. The van der Waals surface area contributed by atoms with Crippen LogP contribution in [0.15, 0.2) is 54.6 Å². The van der Waals surface area contributed by atoms with Gasteiger partial charge >= 0.3 is 0 Å². The van der Waals surface area contributed by atoms with Crippen LogP contribution >= 0.6 is 0 Å². The SMILES string of the molecule is CCCCCCNC(=O)C1CCCN(CC(=O)Nc2ccccc2-c2ccccc2)C1. The van der Waals surface area contributed by atoms with Gasteiger partial charge in [-0.3, -0.25) is 14.5 Å². The Balaban J connectivity index is 1.50. The van der Waals surface area contributed by atoms with E-state index in [0.717, 1.165) is 55.6 Å². The Labute approximate surface area is 186 Å². The molecule has 5 heteroatoms. The number of rotatable bonds is 10. The highest BCUT2D eigenvalue weighted by atomic mass is 16.2. The first-order valence-corrected chi connectivity index (χ1v) is 11.6. The van der Waals surface area contributed by atoms with Crippen molar-refractivity contribution in [1.29, 1.82) is 0 Å².